The van der Waals surface area contributed by atoms with Crippen molar-refractivity contribution >= 4 is 11.4 Å². The molecular formula is C26H42N4O6. The highest BCUT2D eigenvalue weighted by Crippen LogP contribution is 2.26. The number of hydrogen-bond donors (Lipinski definition) is 8. The Bertz CT molecular complexity index is 889. The maximum atomic E-state index is 10.5. The number of aliphatic hydroxyl groups excluding tert-OH is 4. The quantitative estimate of drug-likeness (QED) is 0.142. The minimum Gasteiger partial charge on any atom is -0.508 e. The number of hydrogen-bond acceptors (Lipinski definition) is 10. The number of phenolic OH excluding ortho intramolecular Hbond substituents is 2. The lowest BCUT2D eigenvalue weighted by Crippen LogP contribution is -2.37. The lowest BCUT2D eigenvalue weighted by Gasteiger charge is -2.24. The summed E-state index contributed by atoms with van der Waals surface area (Å²) >= 11 is 0. The minimum atomic E-state index is -0.0387. The van der Waals surface area contributed by atoms with Crippen LogP contribution in [0, 0.1) is 0 Å². The van der Waals surface area contributed by atoms with Crippen LogP contribution in [0.5, 0.6) is 11.5 Å². The van der Waals surface area contributed by atoms with Gasteiger partial charge in [0.1, 0.15) is 11.5 Å². The van der Waals surface area contributed by atoms with Gasteiger partial charge in [-0.1, -0.05) is 19.1 Å². The average Bonchev–Trinajstić information content (AvgIpc) is 2.87. The van der Waals surface area contributed by atoms with Crippen LogP contribution < -0.4 is 20.4 Å². The van der Waals surface area contributed by atoms with Gasteiger partial charge in [0.25, 0.3) is 0 Å². The Labute approximate surface area is 213 Å². The minimum absolute atomic E-state index is 0.0384. The number of benzene rings is 2. The van der Waals surface area contributed by atoms with Crippen molar-refractivity contribution in [2.45, 2.75) is 32.5 Å². The molecular weight excluding hydrogens is 464 g/mol. The van der Waals surface area contributed by atoms with Gasteiger partial charge in [0.05, 0.1) is 26.4 Å². The smallest absolute Gasteiger partial charge is 0.122 e. The number of aliphatic hydroxyl groups is 4. The predicted molar refractivity (Wildman–Crippen MR) is 142 cm³/mol. The largest absolute Gasteiger partial charge is 0.508 e. The molecule has 0 saturated carbocycles. The number of nitrogens with zero attached hydrogens (tertiary/aromatic N) is 2. The summed E-state index contributed by atoms with van der Waals surface area (Å²) in [5, 5.41) is 64.6. The van der Waals surface area contributed by atoms with Gasteiger partial charge in [-0.25, -0.2) is 0 Å². The number of phenols is 2. The zero-order valence-corrected chi connectivity index (χ0v) is 21.1. The van der Waals surface area contributed by atoms with E-state index >= 15 is 0 Å². The summed E-state index contributed by atoms with van der Waals surface area (Å²) in [5.41, 5.74) is 3.00. The summed E-state index contributed by atoms with van der Waals surface area (Å²) in [7, 11) is 0. The fourth-order valence-corrected chi connectivity index (χ4v) is 4.02. The van der Waals surface area contributed by atoms with E-state index in [-0.39, 0.29) is 44.0 Å². The first-order valence-corrected chi connectivity index (χ1v) is 12.5. The molecule has 0 aliphatic rings. The molecule has 0 radical (unpaired) electrons. The molecule has 0 bridgehead atoms. The number of anilines is 2. The molecule has 36 heavy (non-hydrogen) atoms. The van der Waals surface area contributed by atoms with Crippen LogP contribution in [0.15, 0.2) is 36.4 Å². The van der Waals surface area contributed by atoms with E-state index < -0.39 is 0 Å². The molecule has 1 unspecified atom stereocenters. The summed E-state index contributed by atoms with van der Waals surface area (Å²) in [6.45, 7) is 5.07. The molecule has 10 heteroatoms. The van der Waals surface area contributed by atoms with Gasteiger partial charge in [0, 0.05) is 86.5 Å². The summed E-state index contributed by atoms with van der Waals surface area (Å²) < 4.78 is 0. The normalized spacial score (nSPS) is 12.0. The molecule has 0 aliphatic heterocycles. The zero-order chi connectivity index (χ0) is 26.3. The highest BCUT2D eigenvalue weighted by Gasteiger charge is 2.12. The second-order valence-electron chi connectivity index (χ2n) is 8.61. The third-order valence-electron chi connectivity index (χ3n) is 6.13. The summed E-state index contributed by atoms with van der Waals surface area (Å²) in [4.78, 5) is 3.63. The average molecular weight is 507 g/mol. The molecule has 1 atom stereocenters. The first-order valence-electron chi connectivity index (χ1n) is 12.5. The third kappa shape index (κ3) is 9.12. The molecule has 0 heterocycles. The number of aromatic hydroxyl groups is 2. The van der Waals surface area contributed by atoms with E-state index in [0.29, 0.717) is 45.8 Å². The van der Waals surface area contributed by atoms with E-state index in [4.69, 9.17) is 0 Å². The maximum absolute atomic E-state index is 10.5. The van der Waals surface area contributed by atoms with Crippen molar-refractivity contribution in [2.24, 2.45) is 0 Å². The van der Waals surface area contributed by atoms with Crippen LogP contribution in [-0.4, -0.2) is 95.8 Å². The van der Waals surface area contributed by atoms with Crippen molar-refractivity contribution in [3.05, 3.63) is 47.5 Å². The van der Waals surface area contributed by atoms with E-state index in [0.717, 1.165) is 28.9 Å². The standard InChI is InChI=1S/C26H42N4O6/c1-2-22(28-18-21-4-6-24(16-26(21)36)30(9-13-33)10-14-34)19-27-17-20-3-5-23(15-25(20)35)29(7-11-31)8-12-32/h3-6,15-16,22,27-28,31-36H,2,7-14,17-19H2,1H3. The number of rotatable bonds is 18. The lowest BCUT2D eigenvalue weighted by atomic mass is 10.1. The van der Waals surface area contributed by atoms with E-state index in [2.05, 4.69) is 17.6 Å². The van der Waals surface area contributed by atoms with Crippen LogP contribution in [0.2, 0.25) is 0 Å². The summed E-state index contributed by atoms with van der Waals surface area (Å²) in [6.07, 6.45) is 0.870. The molecule has 8 N–H and O–H groups in total. The zero-order valence-electron chi connectivity index (χ0n) is 21.1. The number of nitrogens with one attached hydrogen (secondary N) is 2. The third-order valence-corrected chi connectivity index (χ3v) is 6.13. The van der Waals surface area contributed by atoms with Crippen molar-refractivity contribution in [1.29, 1.82) is 0 Å². The van der Waals surface area contributed by atoms with E-state index in [9.17, 15) is 30.6 Å². The lowest BCUT2D eigenvalue weighted by molar-refractivity contribution is 0.280. The monoisotopic (exact) mass is 506 g/mol. The van der Waals surface area contributed by atoms with Gasteiger partial charge < -0.3 is 51.1 Å². The molecule has 0 aromatic heterocycles. The van der Waals surface area contributed by atoms with Crippen molar-refractivity contribution < 1.29 is 30.6 Å². The van der Waals surface area contributed by atoms with E-state index in [1.54, 1.807) is 12.1 Å². The van der Waals surface area contributed by atoms with E-state index in [1.807, 2.05) is 34.1 Å². The molecule has 0 amide bonds. The second kappa shape index (κ2) is 16.2. The Hall–Kier alpha value is -2.60. The summed E-state index contributed by atoms with van der Waals surface area (Å²) in [6, 6.07) is 10.9. The van der Waals surface area contributed by atoms with Crippen LogP contribution in [0.1, 0.15) is 24.5 Å². The van der Waals surface area contributed by atoms with Gasteiger partial charge in [0.15, 0.2) is 0 Å². The SMILES string of the molecule is CCC(CNCc1ccc(N(CCO)CCO)cc1O)NCc1ccc(N(CCO)CCO)cc1O. The first-order chi connectivity index (χ1) is 17.5. The predicted octanol–water partition coefficient (Wildman–Crippen LogP) is 0.338. The second-order valence-corrected chi connectivity index (χ2v) is 8.61. The maximum Gasteiger partial charge on any atom is 0.122 e. The van der Waals surface area contributed by atoms with Gasteiger partial charge in [-0.05, 0) is 18.6 Å². The van der Waals surface area contributed by atoms with Crippen LogP contribution in [-0.2, 0) is 13.1 Å². The molecule has 0 saturated heterocycles. The molecule has 10 nitrogen and oxygen atoms in total. The van der Waals surface area contributed by atoms with Crippen LogP contribution >= 0.6 is 0 Å². The van der Waals surface area contributed by atoms with E-state index in [1.165, 1.54) is 0 Å². The first kappa shape index (κ1) is 29.6. The Morgan fingerprint density at radius 1 is 0.694 bits per heavy atom. The fourth-order valence-electron chi connectivity index (χ4n) is 4.02. The van der Waals surface area contributed by atoms with Crippen molar-refractivity contribution in [3.8, 4) is 11.5 Å². The molecule has 2 aromatic rings. The van der Waals surface area contributed by atoms with Gasteiger partial charge in [-0.3, -0.25) is 0 Å². The highest BCUT2D eigenvalue weighted by atomic mass is 16.3. The van der Waals surface area contributed by atoms with Crippen LogP contribution in [0.4, 0.5) is 11.4 Å². The van der Waals surface area contributed by atoms with Gasteiger partial charge in [0.2, 0.25) is 0 Å². The molecule has 0 aliphatic carbocycles. The Morgan fingerprint density at radius 2 is 1.14 bits per heavy atom. The fraction of sp³-hybridized carbons (Fsp3) is 0.538. The Morgan fingerprint density at radius 3 is 1.53 bits per heavy atom. The molecule has 202 valence electrons. The Balaban J connectivity index is 1.89. The molecule has 2 aromatic carbocycles. The van der Waals surface area contributed by atoms with Crippen molar-refractivity contribution in [2.75, 3.05) is 69.0 Å². The van der Waals surface area contributed by atoms with Gasteiger partial charge in [-0.2, -0.15) is 0 Å². The molecule has 0 spiro atoms. The van der Waals surface area contributed by atoms with Crippen molar-refractivity contribution in [3.63, 3.8) is 0 Å². The van der Waals surface area contributed by atoms with Gasteiger partial charge >= 0.3 is 0 Å². The highest BCUT2D eigenvalue weighted by molar-refractivity contribution is 5.54. The Kier molecular flexibility index (Phi) is 13.3. The van der Waals surface area contributed by atoms with Crippen LogP contribution in [0.3, 0.4) is 0 Å². The van der Waals surface area contributed by atoms with Crippen molar-refractivity contribution in [1.82, 2.24) is 10.6 Å². The molecule has 0 fully saturated rings. The topological polar surface area (TPSA) is 152 Å². The summed E-state index contributed by atoms with van der Waals surface area (Å²) in [5.74, 6) is 0.313. The molecule has 2 rings (SSSR count). The van der Waals surface area contributed by atoms with Gasteiger partial charge in [-0.15, -0.1) is 0 Å². The van der Waals surface area contributed by atoms with Crippen LogP contribution in [0.25, 0.3) is 0 Å².